The van der Waals surface area contributed by atoms with Crippen molar-refractivity contribution in [2.75, 3.05) is 0 Å². The molecule has 2 atom stereocenters. The Morgan fingerprint density at radius 2 is 2.00 bits per heavy atom. The van der Waals surface area contributed by atoms with Crippen molar-refractivity contribution in [1.29, 1.82) is 0 Å². The molecule has 5 rings (SSSR count). The van der Waals surface area contributed by atoms with E-state index >= 15 is 0 Å². The maximum absolute atomic E-state index is 13.0. The Bertz CT molecular complexity index is 1060. The SMILES string of the molecule is O=C(CCn1cccn1)N1[C@@H]2CC[C@@H]1Cn1c(nc3ccccc3c1=O)C2. The Labute approximate surface area is 156 Å². The summed E-state index contributed by atoms with van der Waals surface area (Å²) in [5.41, 5.74) is 0.746. The van der Waals surface area contributed by atoms with Crippen molar-refractivity contribution in [2.24, 2.45) is 0 Å². The number of nitrogens with zero attached hydrogens (tertiary/aromatic N) is 5. The lowest BCUT2D eigenvalue weighted by Gasteiger charge is -2.27. The van der Waals surface area contributed by atoms with Gasteiger partial charge in [-0.1, -0.05) is 12.1 Å². The molecule has 2 aliphatic heterocycles. The van der Waals surface area contributed by atoms with Crippen LogP contribution in [-0.2, 0) is 24.3 Å². The van der Waals surface area contributed by atoms with Crippen molar-refractivity contribution in [1.82, 2.24) is 24.2 Å². The van der Waals surface area contributed by atoms with Crippen LogP contribution in [0, 0.1) is 0 Å². The van der Waals surface area contributed by atoms with E-state index in [1.54, 1.807) is 15.4 Å². The fraction of sp³-hybridized carbons (Fsp3) is 0.400. The number of amides is 1. The first kappa shape index (κ1) is 16.2. The average molecular weight is 363 g/mol. The molecule has 0 radical (unpaired) electrons. The Kier molecular flexibility index (Phi) is 3.81. The first-order valence-corrected chi connectivity index (χ1v) is 9.48. The van der Waals surface area contributed by atoms with Crippen molar-refractivity contribution in [3.63, 3.8) is 0 Å². The van der Waals surface area contributed by atoms with E-state index in [2.05, 4.69) is 5.10 Å². The van der Waals surface area contributed by atoms with Crippen LogP contribution in [0.4, 0.5) is 0 Å². The molecule has 1 amide bonds. The molecule has 7 heteroatoms. The monoisotopic (exact) mass is 363 g/mol. The topological polar surface area (TPSA) is 73.0 Å². The third kappa shape index (κ3) is 2.74. The van der Waals surface area contributed by atoms with Gasteiger partial charge in [-0.25, -0.2) is 4.98 Å². The molecule has 138 valence electrons. The second-order valence-electron chi connectivity index (χ2n) is 7.37. The lowest BCUT2D eigenvalue weighted by molar-refractivity contribution is -0.134. The van der Waals surface area contributed by atoms with E-state index in [0.29, 0.717) is 31.3 Å². The van der Waals surface area contributed by atoms with Crippen LogP contribution in [0.1, 0.15) is 25.1 Å². The largest absolute Gasteiger partial charge is 0.334 e. The van der Waals surface area contributed by atoms with E-state index in [1.165, 1.54) is 0 Å². The van der Waals surface area contributed by atoms with Gasteiger partial charge in [-0.3, -0.25) is 18.8 Å². The molecule has 1 fully saturated rings. The summed E-state index contributed by atoms with van der Waals surface area (Å²) in [5.74, 6) is 0.944. The molecular weight excluding hydrogens is 342 g/mol. The Balaban J connectivity index is 1.45. The highest BCUT2D eigenvalue weighted by atomic mass is 16.2. The molecule has 4 heterocycles. The van der Waals surface area contributed by atoms with Gasteiger partial charge < -0.3 is 4.90 Å². The van der Waals surface area contributed by atoms with Crippen LogP contribution in [0.25, 0.3) is 10.9 Å². The number of hydrogen-bond donors (Lipinski definition) is 0. The summed E-state index contributed by atoms with van der Waals surface area (Å²) in [7, 11) is 0. The number of rotatable bonds is 3. The molecule has 2 aliphatic rings. The van der Waals surface area contributed by atoms with E-state index in [1.807, 2.05) is 41.4 Å². The normalized spacial score (nSPS) is 21.3. The minimum Gasteiger partial charge on any atom is -0.334 e. The summed E-state index contributed by atoms with van der Waals surface area (Å²) in [6.07, 6.45) is 6.58. The quantitative estimate of drug-likeness (QED) is 0.709. The van der Waals surface area contributed by atoms with Crippen LogP contribution in [-0.4, -0.2) is 42.2 Å². The molecular formula is C20H21N5O2. The van der Waals surface area contributed by atoms with Gasteiger partial charge in [0.15, 0.2) is 0 Å². The number of carbonyl (C=O) groups is 1. The molecule has 0 unspecified atom stereocenters. The molecule has 1 saturated heterocycles. The van der Waals surface area contributed by atoms with Gasteiger partial charge in [0, 0.05) is 44.4 Å². The fourth-order valence-corrected chi connectivity index (χ4v) is 4.50. The molecule has 27 heavy (non-hydrogen) atoms. The lowest BCUT2D eigenvalue weighted by atomic mass is 10.1. The minimum absolute atomic E-state index is 0.00656. The first-order valence-electron chi connectivity index (χ1n) is 9.48. The van der Waals surface area contributed by atoms with Crippen LogP contribution >= 0.6 is 0 Å². The Morgan fingerprint density at radius 1 is 1.15 bits per heavy atom. The third-order valence-corrected chi connectivity index (χ3v) is 5.77. The molecule has 3 aromatic rings. The highest BCUT2D eigenvalue weighted by molar-refractivity contribution is 5.78. The molecule has 0 N–H and O–H groups in total. The van der Waals surface area contributed by atoms with Crippen molar-refractivity contribution in [3.8, 4) is 0 Å². The molecule has 0 saturated carbocycles. The fourth-order valence-electron chi connectivity index (χ4n) is 4.50. The van der Waals surface area contributed by atoms with E-state index < -0.39 is 0 Å². The lowest BCUT2D eigenvalue weighted by Crippen LogP contribution is -2.42. The smallest absolute Gasteiger partial charge is 0.261 e. The minimum atomic E-state index is 0.00656. The predicted molar refractivity (Wildman–Crippen MR) is 100 cm³/mol. The summed E-state index contributed by atoms with van der Waals surface area (Å²) in [5, 5.41) is 4.82. The number of fused-ring (bicyclic) bond motifs is 4. The number of benzene rings is 1. The van der Waals surface area contributed by atoms with E-state index in [9.17, 15) is 9.59 Å². The standard InChI is InChI=1S/C20H21N5O2/c26-19(8-11-23-10-3-9-21-23)25-14-6-7-15(25)13-24-18(12-14)22-17-5-2-1-4-16(17)20(24)27/h1-5,9-10,14-15H,6-8,11-13H2/t14-,15-/m1/s1. The summed E-state index contributed by atoms with van der Waals surface area (Å²) in [6, 6.07) is 9.54. The zero-order chi connectivity index (χ0) is 18.4. The van der Waals surface area contributed by atoms with Gasteiger partial charge in [-0.05, 0) is 31.0 Å². The van der Waals surface area contributed by atoms with Crippen molar-refractivity contribution in [2.45, 2.75) is 50.9 Å². The summed E-state index contributed by atoms with van der Waals surface area (Å²) < 4.78 is 3.57. The van der Waals surface area contributed by atoms with Crippen molar-refractivity contribution in [3.05, 3.63) is 58.9 Å². The van der Waals surface area contributed by atoms with Gasteiger partial charge in [-0.15, -0.1) is 0 Å². The van der Waals surface area contributed by atoms with Crippen LogP contribution in [0.15, 0.2) is 47.5 Å². The van der Waals surface area contributed by atoms with E-state index in [4.69, 9.17) is 4.98 Å². The maximum Gasteiger partial charge on any atom is 0.261 e. The maximum atomic E-state index is 13.0. The molecule has 0 spiro atoms. The highest BCUT2D eigenvalue weighted by Gasteiger charge is 2.40. The van der Waals surface area contributed by atoms with Gasteiger partial charge in [0.2, 0.25) is 5.91 Å². The molecule has 2 aromatic heterocycles. The predicted octanol–water partition coefficient (Wildman–Crippen LogP) is 1.60. The summed E-state index contributed by atoms with van der Waals surface area (Å²) in [6.45, 7) is 1.12. The first-order chi connectivity index (χ1) is 13.2. The van der Waals surface area contributed by atoms with Crippen molar-refractivity contribution >= 4 is 16.8 Å². The second-order valence-corrected chi connectivity index (χ2v) is 7.37. The highest BCUT2D eigenvalue weighted by Crippen LogP contribution is 2.31. The van der Waals surface area contributed by atoms with E-state index in [0.717, 1.165) is 24.2 Å². The van der Waals surface area contributed by atoms with Crippen LogP contribution in [0.2, 0.25) is 0 Å². The zero-order valence-corrected chi connectivity index (χ0v) is 15.0. The van der Waals surface area contributed by atoms with Gasteiger partial charge in [0.1, 0.15) is 5.82 Å². The molecule has 7 nitrogen and oxygen atoms in total. The van der Waals surface area contributed by atoms with Crippen LogP contribution < -0.4 is 5.56 Å². The van der Waals surface area contributed by atoms with Crippen LogP contribution in [0.5, 0.6) is 0 Å². The Hall–Kier alpha value is -2.96. The van der Waals surface area contributed by atoms with Crippen molar-refractivity contribution < 1.29 is 4.79 Å². The second kappa shape index (κ2) is 6.33. The zero-order valence-electron chi connectivity index (χ0n) is 15.0. The summed E-state index contributed by atoms with van der Waals surface area (Å²) in [4.78, 5) is 32.7. The summed E-state index contributed by atoms with van der Waals surface area (Å²) >= 11 is 0. The van der Waals surface area contributed by atoms with Gasteiger partial charge >= 0.3 is 0 Å². The van der Waals surface area contributed by atoms with Crippen LogP contribution in [0.3, 0.4) is 0 Å². The average Bonchev–Trinajstić information content (AvgIpc) is 3.28. The molecule has 0 aliphatic carbocycles. The molecule has 2 bridgehead atoms. The number of aromatic nitrogens is 4. The van der Waals surface area contributed by atoms with E-state index in [-0.39, 0.29) is 23.6 Å². The number of aryl methyl sites for hydroxylation is 1. The van der Waals surface area contributed by atoms with Gasteiger partial charge in [0.05, 0.1) is 16.9 Å². The van der Waals surface area contributed by atoms with Gasteiger partial charge in [-0.2, -0.15) is 5.10 Å². The number of para-hydroxylation sites is 1. The third-order valence-electron chi connectivity index (χ3n) is 5.77. The van der Waals surface area contributed by atoms with Gasteiger partial charge in [0.25, 0.3) is 5.56 Å². The Morgan fingerprint density at radius 3 is 2.85 bits per heavy atom. The molecule has 1 aromatic carbocycles. The number of hydrogen-bond acceptors (Lipinski definition) is 4. The number of carbonyl (C=O) groups excluding carboxylic acids is 1.